The summed E-state index contributed by atoms with van der Waals surface area (Å²) in [6.07, 6.45) is 5.28. The molecule has 17 heavy (non-hydrogen) atoms. The van der Waals surface area contributed by atoms with Crippen molar-refractivity contribution in [1.29, 1.82) is 0 Å². The number of hydrogen-bond acceptors (Lipinski definition) is 1. The van der Waals surface area contributed by atoms with Gasteiger partial charge in [-0.25, -0.2) is 0 Å². The molecule has 2 rings (SSSR count). The highest BCUT2D eigenvalue weighted by Gasteiger charge is 2.21. The molecule has 0 N–H and O–H groups in total. The van der Waals surface area contributed by atoms with E-state index in [0.29, 0.717) is 0 Å². The fourth-order valence-electron chi connectivity index (χ4n) is 2.14. The Labute approximate surface area is 103 Å². The maximum atomic E-state index is 11.8. The molecule has 1 amide bonds. The Morgan fingerprint density at radius 3 is 2.65 bits per heavy atom. The van der Waals surface area contributed by atoms with Crippen LogP contribution in [-0.4, -0.2) is 23.9 Å². The molecule has 0 aliphatic carbocycles. The van der Waals surface area contributed by atoms with Gasteiger partial charge in [0.2, 0.25) is 5.91 Å². The molecule has 1 heterocycles. The van der Waals surface area contributed by atoms with Gasteiger partial charge < -0.3 is 4.90 Å². The van der Waals surface area contributed by atoms with E-state index in [9.17, 15) is 4.79 Å². The lowest BCUT2D eigenvalue weighted by molar-refractivity contribution is -0.124. The maximum absolute atomic E-state index is 11.8. The third-order valence-corrected chi connectivity index (χ3v) is 3.15. The number of unbranched alkanes of at least 4 members (excludes halogenated alkanes) is 2. The monoisotopic (exact) mass is 229 g/mol. The predicted octanol–water partition coefficient (Wildman–Crippen LogP) is 3.10. The van der Waals surface area contributed by atoms with Crippen molar-refractivity contribution in [3.05, 3.63) is 42.0 Å². The van der Waals surface area contributed by atoms with E-state index in [2.05, 4.69) is 19.1 Å². The number of carbonyl (C=O) groups is 1. The minimum absolute atomic E-state index is 0.167. The molecule has 1 aliphatic rings. The summed E-state index contributed by atoms with van der Waals surface area (Å²) >= 11 is 0. The molecule has 1 aliphatic heterocycles. The van der Waals surface area contributed by atoms with Crippen LogP contribution in [0.1, 0.15) is 31.7 Å². The van der Waals surface area contributed by atoms with Crippen LogP contribution < -0.4 is 0 Å². The van der Waals surface area contributed by atoms with Crippen LogP contribution in [0.15, 0.2) is 36.4 Å². The zero-order valence-electron chi connectivity index (χ0n) is 10.4. The second kappa shape index (κ2) is 5.67. The normalized spacial score (nSPS) is 15.2. The molecular formula is C15H19NO. The molecule has 0 bridgehead atoms. The average Bonchev–Trinajstić information content (AvgIpc) is 2.73. The quantitative estimate of drug-likeness (QED) is 0.710. The number of carbonyl (C=O) groups excluding carboxylic acids is 1. The Balaban J connectivity index is 1.96. The minimum Gasteiger partial charge on any atom is -0.335 e. The Morgan fingerprint density at radius 1 is 1.18 bits per heavy atom. The summed E-state index contributed by atoms with van der Waals surface area (Å²) in [4.78, 5) is 13.7. The van der Waals surface area contributed by atoms with Crippen molar-refractivity contribution < 1.29 is 4.79 Å². The van der Waals surface area contributed by atoms with Gasteiger partial charge in [-0.3, -0.25) is 4.79 Å². The summed E-state index contributed by atoms with van der Waals surface area (Å²) < 4.78 is 0. The predicted molar refractivity (Wildman–Crippen MR) is 70.5 cm³/mol. The van der Waals surface area contributed by atoms with E-state index in [1.807, 2.05) is 23.1 Å². The molecule has 0 fully saturated rings. The summed E-state index contributed by atoms with van der Waals surface area (Å²) in [6.45, 7) is 3.84. The molecule has 2 heteroatoms. The molecular weight excluding hydrogens is 210 g/mol. The third kappa shape index (κ3) is 2.96. The fraction of sp³-hybridized carbons (Fsp3) is 0.400. The van der Waals surface area contributed by atoms with Gasteiger partial charge in [-0.1, -0.05) is 50.1 Å². The molecule has 0 spiro atoms. The van der Waals surface area contributed by atoms with Crippen LogP contribution in [0.3, 0.4) is 0 Å². The van der Waals surface area contributed by atoms with Gasteiger partial charge in [0.05, 0.1) is 0 Å². The van der Waals surface area contributed by atoms with Crippen LogP contribution in [0.2, 0.25) is 0 Å². The minimum atomic E-state index is 0.167. The van der Waals surface area contributed by atoms with Gasteiger partial charge in [0.15, 0.2) is 0 Å². The Bertz CT molecular complexity index is 408. The maximum Gasteiger partial charge on any atom is 0.247 e. The Kier molecular flexibility index (Phi) is 3.97. The van der Waals surface area contributed by atoms with Gasteiger partial charge in [-0.2, -0.15) is 0 Å². The van der Waals surface area contributed by atoms with E-state index < -0.39 is 0 Å². The van der Waals surface area contributed by atoms with Crippen LogP contribution >= 0.6 is 0 Å². The number of rotatable bonds is 5. The lowest BCUT2D eigenvalue weighted by Gasteiger charge is -2.16. The van der Waals surface area contributed by atoms with Crippen LogP contribution in [0.4, 0.5) is 0 Å². The fourth-order valence-corrected chi connectivity index (χ4v) is 2.14. The van der Waals surface area contributed by atoms with Crippen molar-refractivity contribution >= 4 is 11.5 Å². The topological polar surface area (TPSA) is 20.3 Å². The van der Waals surface area contributed by atoms with Crippen molar-refractivity contribution in [2.24, 2.45) is 0 Å². The van der Waals surface area contributed by atoms with Crippen molar-refractivity contribution in [3.63, 3.8) is 0 Å². The van der Waals surface area contributed by atoms with Crippen molar-refractivity contribution in [2.45, 2.75) is 26.2 Å². The zero-order valence-corrected chi connectivity index (χ0v) is 10.4. The summed E-state index contributed by atoms with van der Waals surface area (Å²) in [5.41, 5.74) is 2.31. The van der Waals surface area contributed by atoms with Crippen LogP contribution in [-0.2, 0) is 4.79 Å². The van der Waals surface area contributed by atoms with Gasteiger partial charge in [0.25, 0.3) is 0 Å². The highest BCUT2D eigenvalue weighted by atomic mass is 16.2. The van der Waals surface area contributed by atoms with Gasteiger partial charge in [-0.05, 0) is 17.6 Å². The zero-order chi connectivity index (χ0) is 12.1. The average molecular weight is 229 g/mol. The number of amides is 1. The van der Waals surface area contributed by atoms with Gasteiger partial charge in [-0.15, -0.1) is 0 Å². The molecule has 0 atom stereocenters. The highest BCUT2D eigenvalue weighted by Crippen LogP contribution is 2.21. The highest BCUT2D eigenvalue weighted by molar-refractivity contribution is 6.00. The first-order valence-electron chi connectivity index (χ1n) is 6.36. The number of benzene rings is 1. The molecule has 1 aromatic rings. The molecule has 90 valence electrons. The van der Waals surface area contributed by atoms with Crippen LogP contribution in [0.5, 0.6) is 0 Å². The first-order chi connectivity index (χ1) is 8.31. The van der Waals surface area contributed by atoms with Gasteiger partial charge in [0, 0.05) is 19.2 Å². The summed E-state index contributed by atoms with van der Waals surface area (Å²) in [5, 5.41) is 0. The van der Waals surface area contributed by atoms with E-state index in [4.69, 9.17) is 0 Å². The van der Waals surface area contributed by atoms with E-state index in [-0.39, 0.29) is 5.91 Å². The molecule has 2 nitrogen and oxygen atoms in total. The second-order valence-electron chi connectivity index (χ2n) is 4.50. The largest absolute Gasteiger partial charge is 0.335 e. The number of nitrogens with zero attached hydrogens (tertiary/aromatic N) is 1. The molecule has 0 saturated heterocycles. The molecule has 1 aromatic carbocycles. The van der Waals surface area contributed by atoms with Gasteiger partial charge in [0.1, 0.15) is 0 Å². The Hall–Kier alpha value is -1.57. The van der Waals surface area contributed by atoms with Crippen LogP contribution in [0, 0.1) is 0 Å². The number of hydrogen-bond donors (Lipinski definition) is 0. The van der Waals surface area contributed by atoms with Crippen molar-refractivity contribution in [1.82, 2.24) is 4.90 Å². The lowest BCUT2D eigenvalue weighted by Crippen LogP contribution is -2.26. The Morgan fingerprint density at radius 2 is 1.94 bits per heavy atom. The third-order valence-electron chi connectivity index (χ3n) is 3.15. The van der Waals surface area contributed by atoms with Crippen molar-refractivity contribution in [2.75, 3.05) is 13.1 Å². The van der Waals surface area contributed by atoms with E-state index in [1.165, 1.54) is 18.4 Å². The van der Waals surface area contributed by atoms with Crippen LogP contribution in [0.25, 0.3) is 5.57 Å². The van der Waals surface area contributed by atoms with Gasteiger partial charge >= 0.3 is 0 Å². The standard InChI is InChI=1S/C15H19NO/c1-2-3-7-10-16-12-14(11-15(16)17)13-8-5-4-6-9-13/h4-6,8-9,11H,2-3,7,10,12H2,1H3. The summed E-state index contributed by atoms with van der Waals surface area (Å²) in [7, 11) is 0. The van der Waals surface area contributed by atoms with Crippen molar-refractivity contribution in [3.8, 4) is 0 Å². The smallest absolute Gasteiger partial charge is 0.247 e. The van der Waals surface area contributed by atoms with E-state index in [1.54, 1.807) is 6.08 Å². The first-order valence-corrected chi connectivity index (χ1v) is 6.36. The first kappa shape index (κ1) is 11.9. The molecule has 0 radical (unpaired) electrons. The van der Waals surface area contributed by atoms with E-state index in [0.717, 1.165) is 25.1 Å². The second-order valence-corrected chi connectivity index (χ2v) is 4.50. The molecule has 0 saturated carbocycles. The molecule has 0 aromatic heterocycles. The van der Waals surface area contributed by atoms with E-state index >= 15 is 0 Å². The SMILES string of the molecule is CCCCCN1CC(c2ccccc2)=CC1=O. The lowest BCUT2D eigenvalue weighted by atomic mass is 10.1. The summed E-state index contributed by atoms with van der Waals surface area (Å²) in [6, 6.07) is 10.2. The molecule has 0 unspecified atom stereocenters. The summed E-state index contributed by atoms with van der Waals surface area (Å²) in [5.74, 6) is 0.167.